The van der Waals surface area contributed by atoms with Crippen molar-refractivity contribution in [3.8, 4) is 0 Å². The van der Waals surface area contributed by atoms with Crippen molar-refractivity contribution in [1.82, 2.24) is 9.55 Å². The summed E-state index contributed by atoms with van der Waals surface area (Å²) in [4.78, 5) is 4.10. The molecular formula is C14H22N2O2. The Morgan fingerprint density at radius 3 is 2.94 bits per heavy atom. The SMILES string of the molecule is Cn1cncc1C(O)C1CCOC2(CCCC2)C1. The lowest BCUT2D eigenvalue weighted by Gasteiger charge is -2.40. The van der Waals surface area contributed by atoms with E-state index in [1.54, 1.807) is 12.5 Å². The number of rotatable bonds is 2. The highest BCUT2D eigenvalue weighted by atomic mass is 16.5. The molecule has 1 saturated carbocycles. The first-order valence-electron chi connectivity index (χ1n) is 6.98. The van der Waals surface area contributed by atoms with Gasteiger partial charge in [0.25, 0.3) is 0 Å². The van der Waals surface area contributed by atoms with Crippen molar-refractivity contribution in [2.75, 3.05) is 6.61 Å². The second kappa shape index (κ2) is 4.67. The monoisotopic (exact) mass is 250 g/mol. The summed E-state index contributed by atoms with van der Waals surface area (Å²) >= 11 is 0. The first-order chi connectivity index (χ1) is 8.70. The highest BCUT2D eigenvalue weighted by Crippen LogP contribution is 2.45. The number of aliphatic hydroxyl groups is 1. The number of ether oxygens (including phenoxy) is 1. The first-order valence-corrected chi connectivity index (χ1v) is 6.98. The quantitative estimate of drug-likeness (QED) is 0.875. The Balaban J connectivity index is 1.74. The molecule has 1 N–H and O–H groups in total. The normalized spacial score (nSPS) is 28.7. The molecule has 0 aromatic carbocycles. The van der Waals surface area contributed by atoms with Crippen molar-refractivity contribution < 1.29 is 9.84 Å². The van der Waals surface area contributed by atoms with Gasteiger partial charge in [-0.15, -0.1) is 0 Å². The van der Waals surface area contributed by atoms with Crippen LogP contribution >= 0.6 is 0 Å². The highest BCUT2D eigenvalue weighted by Gasteiger charge is 2.42. The lowest BCUT2D eigenvalue weighted by Crippen LogP contribution is -2.39. The Bertz CT molecular complexity index is 410. The summed E-state index contributed by atoms with van der Waals surface area (Å²) in [5, 5.41) is 10.5. The Hall–Kier alpha value is -0.870. The van der Waals surface area contributed by atoms with Crippen molar-refractivity contribution in [3.05, 3.63) is 18.2 Å². The average molecular weight is 250 g/mol. The predicted octanol–water partition coefficient (Wildman–Crippen LogP) is 2.19. The molecule has 1 aliphatic carbocycles. The molecule has 1 aromatic heterocycles. The number of aryl methyl sites for hydroxylation is 1. The van der Waals surface area contributed by atoms with Crippen LogP contribution in [0.15, 0.2) is 12.5 Å². The second-order valence-electron chi connectivity index (χ2n) is 5.87. The molecule has 2 heterocycles. The third-order valence-corrected chi connectivity index (χ3v) is 4.65. The molecule has 1 saturated heterocycles. The van der Waals surface area contributed by atoms with Gasteiger partial charge in [0, 0.05) is 13.7 Å². The minimum absolute atomic E-state index is 0.0719. The fraction of sp³-hybridized carbons (Fsp3) is 0.786. The number of hydrogen-bond donors (Lipinski definition) is 1. The van der Waals surface area contributed by atoms with E-state index in [1.807, 2.05) is 11.6 Å². The van der Waals surface area contributed by atoms with E-state index >= 15 is 0 Å². The van der Waals surface area contributed by atoms with Crippen LogP contribution in [0, 0.1) is 5.92 Å². The average Bonchev–Trinajstić information content (AvgIpc) is 2.98. The summed E-state index contributed by atoms with van der Waals surface area (Å²) in [5.74, 6) is 0.312. The molecule has 2 fully saturated rings. The van der Waals surface area contributed by atoms with Gasteiger partial charge in [-0.25, -0.2) is 4.98 Å². The van der Waals surface area contributed by atoms with Gasteiger partial charge < -0.3 is 14.4 Å². The fourth-order valence-electron chi connectivity index (χ4n) is 3.60. The zero-order valence-corrected chi connectivity index (χ0v) is 11.0. The van der Waals surface area contributed by atoms with E-state index in [2.05, 4.69) is 4.98 Å². The molecule has 2 unspecified atom stereocenters. The van der Waals surface area contributed by atoms with Gasteiger partial charge in [-0.2, -0.15) is 0 Å². The minimum Gasteiger partial charge on any atom is -0.387 e. The smallest absolute Gasteiger partial charge is 0.0985 e. The molecule has 2 atom stereocenters. The van der Waals surface area contributed by atoms with Gasteiger partial charge >= 0.3 is 0 Å². The predicted molar refractivity (Wildman–Crippen MR) is 68.0 cm³/mol. The largest absolute Gasteiger partial charge is 0.387 e. The van der Waals surface area contributed by atoms with Crippen LogP contribution in [-0.2, 0) is 11.8 Å². The summed E-state index contributed by atoms with van der Waals surface area (Å²) < 4.78 is 7.94. The third-order valence-electron chi connectivity index (χ3n) is 4.65. The molecule has 4 heteroatoms. The lowest BCUT2D eigenvalue weighted by molar-refractivity contribution is -0.114. The first kappa shape index (κ1) is 12.2. The third kappa shape index (κ3) is 2.08. The maximum absolute atomic E-state index is 10.5. The van der Waals surface area contributed by atoms with E-state index in [0.717, 1.165) is 25.1 Å². The van der Waals surface area contributed by atoms with Gasteiger partial charge in [0.1, 0.15) is 0 Å². The van der Waals surface area contributed by atoms with Crippen LogP contribution in [-0.4, -0.2) is 26.9 Å². The molecular weight excluding hydrogens is 228 g/mol. The maximum Gasteiger partial charge on any atom is 0.0985 e. The van der Waals surface area contributed by atoms with Gasteiger partial charge in [-0.1, -0.05) is 12.8 Å². The van der Waals surface area contributed by atoms with Crippen LogP contribution in [0.5, 0.6) is 0 Å². The maximum atomic E-state index is 10.5. The zero-order chi connectivity index (χ0) is 12.6. The van der Waals surface area contributed by atoms with Crippen LogP contribution in [0.2, 0.25) is 0 Å². The Labute approximate surface area is 108 Å². The molecule has 0 amide bonds. The molecule has 1 spiro atoms. The highest BCUT2D eigenvalue weighted by molar-refractivity contribution is 5.05. The zero-order valence-electron chi connectivity index (χ0n) is 11.0. The number of aliphatic hydroxyl groups excluding tert-OH is 1. The Morgan fingerprint density at radius 2 is 2.28 bits per heavy atom. The molecule has 0 bridgehead atoms. The number of hydrogen-bond acceptors (Lipinski definition) is 3. The van der Waals surface area contributed by atoms with Crippen LogP contribution < -0.4 is 0 Å². The second-order valence-corrected chi connectivity index (χ2v) is 5.87. The summed E-state index contributed by atoms with van der Waals surface area (Å²) in [6.45, 7) is 0.791. The summed E-state index contributed by atoms with van der Waals surface area (Å²) in [5.41, 5.74) is 0.998. The van der Waals surface area contributed by atoms with Gasteiger partial charge in [0.05, 0.1) is 29.9 Å². The van der Waals surface area contributed by atoms with Crippen molar-refractivity contribution in [1.29, 1.82) is 0 Å². The minimum atomic E-state index is -0.404. The van der Waals surface area contributed by atoms with Gasteiger partial charge in [0.2, 0.25) is 0 Å². The van der Waals surface area contributed by atoms with Crippen molar-refractivity contribution in [3.63, 3.8) is 0 Å². The standard InChI is InChI=1S/C14H22N2O2/c1-16-10-15-9-12(16)13(17)11-4-7-18-14(8-11)5-2-3-6-14/h9-11,13,17H,2-8H2,1H3. The summed E-state index contributed by atoms with van der Waals surface area (Å²) in [6, 6.07) is 0. The number of aromatic nitrogens is 2. The van der Waals surface area contributed by atoms with E-state index in [1.165, 1.54) is 25.7 Å². The van der Waals surface area contributed by atoms with E-state index < -0.39 is 6.10 Å². The van der Waals surface area contributed by atoms with E-state index in [0.29, 0.717) is 5.92 Å². The molecule has 1 aromatic rings. The number of nitrogens with zero attached hydrogens (tertiary/aromatic N) is 2. The van der Waals surface area contributed by atoms with Gasteiger partial charge in [-0.05, 0) is 31.6 Å². The summed E-state index contributed by atoms with van der Waals surface area (Å²) in [6.07, 6.45) is 9.96. The topological polar surface area (TPSA) is 47.3 Å². The fourth-order valence-corrected chi connectivity index (χ4v) is 3.60. The van der Waals surface area contributed by atoms with E-state index in [-0.39, 0.29) is 5.60 Å². The molecule has 2 aliphatic rings. The molecule has 0 radical (unpaired) electrons. The van der Waals surface area contributed by atoms with Crippen LogP contribution in [0.25, 0.3) is 0 Å². The lowest BCUT2D eigenvalue weighted by atomic mass is 9.81. The van der Waals surface area contributed by atoms with Gasteiger partial charge in [-0.3, -0.25) is 0 Å². The van der Waals surface area contributed by atoms with Crippen LogP contribution in [0.3, 0.4) is 0 Å². The molecule has 1 aliphatic heterocycles. The van der Waals surface area contributed by atoms with Crippen LogP contribution in [0.4, 0.5) is 0 Å². The molecule has 3 rings (SSSR count). The Morgan fingerprint density at radius 1 is 1.50 bits per heavy atom. The summed E-state index contributed by atoms with van der Waals surface area (Å²) in [7, 11) is 1.94. The van der Waals surface area contributed by atoms with Gasteiger partial charge in [0.15, 0.2) is 0 Å². The molecule has 18 heavy (non-hydrogen) atoms. The Kier molecular flexibility index (Phi) is 3.16. The van der Waals surface area contributed by atoms with Crippen molar-refractivity contribution in [2.45, 2.75) is 50.2 Å². The molecule has 100 valence electrons. The number of imidazole rings is 1. The van der Waals surface area contributed by atoms with Crippen LogP contribution in [0.1, 0.15) is 50.3 Å². The van der Waals surface area contributed by atoms with E-state index in [9.17, 15) is 5.11 Å². The van der Waals surface area contributed by atoms with Crippen molar-refractivity contribution >= 4 is 0 Å². The molecule has 4 nitrogen and oxygen atoms in total. The van der Waals surface area contributed by atoms with E-state index in [4.69, 9.17) is 4.74 Å². The van der Waals surface area contributed by atoms with Crippen molar-refractivity contribution in [2.24, 2.45) is 13.0 Å².